The Morgan fingerprint density at radius 1 is 1.73 bits per heavy atom. The first-order valence-electron chi connectivity index (χ1n) is 3.79. The van der Waals surface area contributed by atoms with Gasteiger partial charge in [-0.05, 0) is 6.92 Å². The van der Waals surface area contributed by atoms with Gasteiger partial charge in [0.25, 0.3) is 7.27 Å². The summed E-state index contributed by atoms with van der Waals surface area (Å²) in [6, 6.07) is 0. The summed E-state index contributed by atoms with van der Waals surface area (Å²) in [6.07, 6.45) is 0.325. The fourth-order valence-electron chi connectivity index (χ4n) is 1.13. The topological polar surface area (TPSA) is 26.3 Å². The van der Waals surface area contributed by atoms with Crippen LogP contribution < -0.4 is 0 Å². The lowest BCUT2D eigenvalue weighted by molar-refractivity contribution is -0.144. The molecule has 1 fully saturated rings. The third kappa shape index (κ3) is 1.91. The number of carbonyl (C=O) groups is 1. The van der Waals surface area contributed by atoms with E-state index >= 15 is 0 Å². The van der Waals surface area contributed by atoms with E-state index in [9.17, 15) is 13.4 Å². The van der Waals surface area contributed by atoms with Crippen LogP contribution in [0.4, 0.5) is 8.63 Å². The maximum absolute atomic E-state index is 11.9. The summed E-state index contributed by atoms with van der Waals surface area (Å²) < 4.78 is 28.5. The van der Waals surface area contributed by atoms with Gasteiger partial charge in [-0.1, -0.05) is 12.2 Å². The summed E-state index contributed by atoms with van der Waals surface area (Å²) in [7, 11) is -3.09. The van der Waals surface area contributed by atoms with E-state index in [-0.39, 0.29) is 6.61 Å². The Hall–Kier alpha value is -0.605. The molecule has 64 valence electrons. The van der Waals surface area contributed by atoms with Crippen molar-refractivity contribution >= 4 is 13.2 Å². The van der Waals surface area contributed by atoms with Crippen LogP contribution in [0.3, 0.4) is 0 Å². The van der Waals surface area contributed by atoms with Gasteiger partial charge < -0.3 is 13.4 Å². The molecule has 0 N–H and O–H groups in total. The van der Waals surface area contributed by atoms with E-state index in [1.807, 2.05) is 0 Å². The predicted octanol–water partition coefficient (Wildman–Crippen LogP) is 1.10. The first-order valence-corrected chi connectivity index (χ1v) is 3.79. The molecule has 2 nitrogen and oxygen atoms in total. The molecule has 0 amide bonds. The normalized spacial score (nSPS) is 28.7. The van der Waals surface area contributed by atoms with E-state index < -0.39 is 25.0 Å². The van der Waals surface area contributed by atoms with Crippen molar-refractivity contribution in [3.8, 4) is 0 Å². The van der Waals surface area contributed by atoms with Crippen LogP contribution in [0.2, 0.25) is 5.82 Å². The van der Waals surface area contributed by atoms with Crippen LogP contribution in [0.25, 0.3) is 0 Å². The summed E-state index contributed by atoms with van der Waals surface area (Å²) in [5.74, 6) is -1.61. The van der Waals surface area contributed by atoms with Crippen molar-refractivity contribution in [3.63, 3.8) is 0 Å². The summed E-state index contributed by atoms with van der Waals surface area (Å²) in [4.78, 5) is 10.8. The molecule has 0 spiro atoms. The number of ether oxygens (including phenoxy) is 1. The van der Waals surface area contributed by atoms with Crippen LogP contribution in [-0.2, 0) is 9.53 Å². The highest BCUT2D eigenvalue weighted by molar-refractivity contribution is 6.46. The molecule has 2 atom stereocenters. The Morgan fingerprint density at radius 2 is 2.36 bits per heavy atom. The molecule has 0 aliphatic heterocycles. The summed E-state index contributed by atoms with van der Waals surface area (Å²) in [5.41, 5.74) is 0. The van der Waals surface area contributed by atoms with Crippen molar-refractivity contribution in [2.75, 3.05) is 6.61 Å². The van der Waals surface area contributed by atoms with Gasteiger partial charge in [-0.25, -0.2) is 0 Å². The minimum Gasteiger partial charge on any atom is -0.481 e. The zero-order chi connectivity index (χ0) is 8.43. The Labute approximate surface area is 64.1 Å². The summed E-state index contributed by atoms with van der Waals surface area (Å²) in [5, 5.41) is 0. The molecule has 5 heteroatoms. The number of hydrogen-bond acceptors (Lipinski definition) is 2. The summed E-state index contributed by atoms with van der Waals surface area (Å²) >= 11 is 0. The minimum absolute atomic E-state index is 0.278. The molecule has 0 bridgehead atoms. The number of esters is 1. The lowest BCUT2D eigenvalue weighted by atomic mass is 9.88. The van der Waals surface area contributed by atoms with Gasteiger partial charge in [0.2, 0.25) is 0 Å². The van der Waals surface area contributed by atoms with Crippen LogP contribution in [0.1, 0.15) is 13.3 Å². The highest BCUT2D eigenvalue weighted by atomic mass is 19.2. The van der Waals surface area contributed by atoms with E-state index in [2.05, 4.69) is 4.74 Å². The van der Waals surface area contributed by atoms with Crippen LogP contribution in [0.5, 0.6) is 0 Å². The second-order valence-corrected chi connectivity index (χ2v) is 2.76. The molecule has 11 heavy (non-hydrogen) atoms. The maximum Gasteiger partial charge on any atom is 0.306 e. The van der Waals surface area contributed by atoms with Crippen molar-refractivity contribution in [2.45, 2.75) is 19.2 Å². The number of rotatable bonds is 3. The maximum atomic E-state index is 11.9. The van der Waals surface area contributed by atoms with E-state index in [0.717, 1.165) is 0 Å². The van der Waals surface area contributed by atoms with Crippen molar-refractivity contribution in [2.24, 2.45) is 5.92 Å². The lowest BCUT2D eigenvalue weighted by Gasteiger charge is -2.03. The third-order valence-electron chi connectivity index (χ3n) is 1.91. The molecule has 0 aromatic carbocycles. The van der Waals surface area contributed by atoms with E-state index in [1.165, 1.54) is 0 Å². The van der Waals surface area contributed by atoms with Gasteiger partial charge in [0, 0.05) is 5.92 Å². The fourth-order valence-corrected chi connectivity index (χ4v) is 1.13. The average Bonchev–Trinajstić information content (AvgIpc) is 2.65. The highest BCUT2D eigenvalue weighted by Gasteiger charge is 2.44. The minimum atomic E-state index is -3.09. The molecular formula is C6H10BF2O2-. The summed E-state index contributed by atoms with van der Waals surface area (Å²) in [6.45, 7) is 1.95. The first-order chi connectivity index (χ1) is 5.16. The molecule has 2 unspecified atom stereocenters. The van der Waals surface area contributed by atoms with Gasteiger partial charge in [0.05, 0.1) is 6.61 Å². The second-order valence-electron chi connectivity index (χ2n) is 2.76. The smallest absolute Gasteiger partial charge is 0.306 e. The van der Waals surface area contributed by atoms with Crippen molar-refractivity contribution in [1.29, 1.82) is 0 Å². The Balaban J connectivity index is 2.26. The standard InChI is InChI=1S/C6H10BF2O2/c1-2-11-6(10)4-3-5(4)7(8)9/h4-5,7H,2-3H2,1H3/q-1. The van der Waals surface area contributed by atoms with E-state index in [0.29, 0.717) is 6.42 Å². The zero-order valence-electron chi connectivity index (χ0n) is 6.35. The third-order valence-corrected chi connectivity index (χ3v) is 1.91. The number of carbonyl (C=O) groups excluding carboxylic acids is 1. The van der Waals surface area contributed by atoms with E-state index in [1.54, 1.807) is 6.92 Å². The second kappa shape index (κ2) is 3.20. The SMILES string of the molecule is CCOC(=O)C1CC1[BH-](F)F. The molecule has 0 aromatic heterocycles. The Kier molecular flexibility index (Phi) is 2.47. The highest BCUT2D eigenvalue weighted by Crippen LogP contribution is 2.48. The number of hydrogen-bond donors (Lipinski definition) is 0. The molecule has 1 aliphatic carbocycles. The monoisotopic (exact) mass is 163 g/mol. The molecule has 0 saturated heterocycles. The first kappa shape index (κ1) is 8.49. The Bertz CT molecular complexity index is 163. The van der Waals surface area contributed by atoms with Gasteiger partial charge in [0.15, 0.2) is 0 Å². The largest absolute Gasteiger partial charge is 0.481 e. The van der Waals surface area contributed by atoms with Crippen molar-refractivity contribution in [3.05, 3.63) is 0 Å². The van der Waals surface area contributed by atoms with Gasteiger partial charge in [0.1, 0.15) is 0 Å². The van der Waals surface area contributed by atoms with Gasteiger partial charge in [-0.3, -0.25) is 4.79 Å². The van der Waals surface area contributed by atoms with Gasteiger partial charge in [-0.2, -0.15) is 0 Å². The van der Waals surface area contributed by atoms with E-state index in [4.69, 9.17) is 0 Å². The van der Waals surface area contributed by atoms with Gasteiger partial charge >= 0.3 is 5.97 Å². The molecule has 1 rings (SSSR count). The van der Waals surface area contributed by atoms with Crippen LogP contribution in [0.15, 0.2) is 0 Å². The molecule has 1 saturated carbocycles. The zero-order valence-corrected chi connectivity index (χ0v) is 6.35. The predicted molar refractivity (Wildman–Crippen MR) is 37.9 cm³/mol. The van der Waals surface area contributed by atoms with Crippen LogP contribution >= 0.6 is 0 Å². The van der Waals surface area contributed by atoms with Crippen LogP contribution in [-0.4, -0.2) is 19.8 Å². The number of halogens is 2. The fraction of sp³-hybridized carbons (Fsp3) is 0.833. The van der Waals surface area contributed by atoms with Gasteiger partial charge in [-0.15, -0.1) is 0 Å². The molecule has 1 aliphatic rings. The molecule has 0 radical (unpaired) electrons. The van der Waals surface area contributed by atoms with Crippen LogP contribution in [0, 0.1) is 5.92 Å². The quantitative estimate of drug-likeness (QED) is 0.459. The molecule has 0 heterocycles. The lowest BCUT2D eigenvalue weighted by Crippen LogP contribution is -2.09. The van der Waals surface area contributed by atoms with Crippen molar-refractivity contribution < 1.29 is 18.2 Å². The molecular weight excluding hydrogens is 153 g/mol. The van der Waals surface area contributed by atoms with Crippen molar-refractivity contribution in [1.82, 2.24) is 0 Å². The Morgan fingerprint density at radius 3 is 2.73 bits per heavy atom. The molecule has 0 aromatic rings. The average molecular weight is 163 g/mol.